The van der Waals surface area contributed by atoms with E-state index < -0.39 is 5.91 Å². The summed E-state index contributed by atoms with van der Waals surface area (Å²) in [6, 6.07) is 12.5. The number of rotatable bonds is 6. The van der Waals surface area contributed by atoms with Crippen LogP contribution in [-0.4, -0.2) is 67.5 Å². The number of ether oxygens (including phenoxy) is 2. The standard InChI is InChI=1S/C22H22N2O5/c1-23(13-16-11-14-5-3-4-6-19(14)29-16)20(25)15-7-8-17-18(12-15)22(27)24(21(17)26)9-10-28-2/h3-8,12,16H,9-11,13H2,1-2H3/t16-/m1/s1. The van der Waals surface area contributed by atoms with Crippen LogP contribution < -0.4 is 4.74 Å². The number of amides is 3. The fourth-order valence-corrected chi connectivity index (χ4v) is 3.77. The molecule has 0 spiro atoms. The van der Waals surface area contributed by atoms with E-state index in [9.17, 15) is 14.4 Å². The molecule has 0 aromatic heterocycles. The molecule has 0 bridgehead atoms. The molecule has 0 radical (unpaired) electrons. The van der Waals surface area contributed by atoms with Crippen LogP contribution in [0.3, 0.4) is 0 Å². The highest BCUT2D eigenvalue weighted by molar-refractivity contribution is 6.22. The van der Waals surface area contributed by atoms with Crippen LogP contribution in [0.5, 0.6) is 5.75 Å². The van der Waals surface area contributed by atoms with Crippen molar-refractivity contribution in [1.82, 2.24) is 9.80 Å². The minimum absolute atomic E-state index is 0.108. The van der Waals surface area contributed by atoms with Crippen LogP contribution >= 0.6 is 0 Å². The van der Waals surface area contributed by atoms with Gasteiger partial charge in [-0.1, -0.05) is 18.2 Å². The van der Waals surface area contributed by atoms with Crippen LogP contribution in [0.15, 0.2) is 42.5 Å². The molecule has 2 aliphatic rings. The highest BCUT2D eigenvalue weighted by Gasteiger charge is 2.36. The second-order valence-electron chi connectivity index (χ2n) is 7.25. The molecule has 2 heterocycles. The van der Waals surface area contributed by atoms with Crippen molar-refractivity contribution in [3.8, 4) is 5.75 Å². The summed E-state index contributed by atoms with van der Waals surface area (Å²) in [5, 5.41) is 0. The Hall–Kier alpha value is -3.19. The zero-order valence-corrected chi connectivity index (χ0v) is 16.4. The van der Waals surface area contributed by atoms with Gasteiger partial charge in [0.1, 0.15) is 11.9 Å². The van der Waals surface area contributed by atoms with E-state index in [4.69, 9.17) is 9.47 Å². The van der Waals surface area contributed by atoms with Gasteiger partial charge in [-0.05, 0) is 29.8 Å². The average Bonchev–Trinajstić information content (AvgIpc) is 3.24. The molecule has 2 aromatic rings. The summed E-state index contributed by atoms with van der Waals surface area (Å²) < 4.78 is 10.9. The van der Waals surface area contributed by atoms with E-state index in [1.165, 1.54) is 13.2 Å². The largest absolute Gasteiger partial charge is 0.488 e. The van der Waals surface area contributed by atoms with E-state index >= 15 is 0 Å². The van der Waals surface area contributed by atoms with Crippen molar-refractivity contribution >= 4 is 17.7 Å². The van der Waals surface area contributed by atoms with E-state index in [-0.39, 0.29) is 36.6 Å². The normalized spacial score (nSPS) is 17.2. The molecule has 4 rings (SSSR count). The lowest BCUT2D eigenvalue weighted by Crippen LogP contribution is -2.36. The smallest absolute Gasteiger partial charge is 0.261 e. The molecule has 3 amide bonds. The van der Waals surface area contributed by atoms with Crippen molar-refractivity contribution in [3.05, 3.63) is 64.7 Å². The molecule has 2 aromatic carbocycles. The van der Waals surface area contributed by atoms with E-state index in [2.05, 4.69) is 0 Å². The SMILES string of the molecule is COCCN1C(=O)c2ccc(C(=O)N(C)C[C@H]3Cc4ccccc4O3)cc2C1=O. The third kappa shape index (κ3) is 3.49. The highest BCUT2D eigenvalue weighted by atomic mass is 16.5. The van der Waals surface area contributed by atoms with Gasteiger partial charge in [-0.3, -0.25) is 19.3 Å². The summed E-state index contributed by atoms with van der Waals surface area (Å²) in [5.74, 6) is -0.112. The first-order valence-corrected chi connectivity index (χ1v) is 9.49. The fourth-order valence-electron chi connectivity index (χ4n) is 3.77. The Morgan fingerprint density at radius 2 is 1.93 bits per heavy atom. The van der Waals surface area contributed by atoms with Crippen LogP contribution in [0.25, 0.3) is 0 Å². The van der Waals surface area contributed by atoms with Gasteiger partial charge in [0.25, 0.3) is 17.7 Å². The number of hydrogen-bond acceptors (Lipinski definition) is 5. The minimum atomic E-state index is -0.395. The van der Waals surface area contributed by atoms with Crippen LogP contribution in [-0.2, 0) is 11.2 Å². The van der Waals surface area contributed by atoms with Gasteiger partial charge in [0, 0.05) is 26.1 Å². The third-order valence-corrected chi connectivity index (χ3v) is 5.27. The number of carbonyl (C=O) groups is 3. The van der Waals surface area contributed by atoms with Crippen molar-refractivity contribution in [2.75, 3.05) is 33.9 Å². The van der Waals surface area contributed by atoms with Gasteiger partial charge in [-0.25, -0.2) is 0 Å². The van der Waals surface area contributed by atoms with Gasteiger partial charge in [-0.15, -0.1) is 0 Å². The van der Waals surface area contributed by atoms with E-state index in [0.29, 0.717) is 17.7 Å². The molecule has 0 fully saturated rings. The van der Waals surface area contributed by atoms with Crippen LogP contribution in [0.2, 0.25) is 0 Å². The molecule has 0 N–H and O–H groups in total. The van der Waals surface area contributed by atoms with Crippen molar-refractivity contribution in [2.45, 2.75) is 12.5 Å². The van der Waals surface area contributed by atoms with E-state index in [1.807, 2.05) is 24.3 Å². The number of fused-ring (bicyclic) bond motifs is 2. The first-order valence-electron chi connectivity index (χ1n) is 9.49. The number of imide groups is 1. The van der Waals surface area contributed by atoms with Crippen molar-refractivity contribution in [3.63, 3.8) is 0 Å². The van der Waals surface area contributed by atoms with Crippen molar-refractivity contribution in [1.29, 1.82) is 0 Å². The van der Waals surface area contributed by atoms with E-state index in [1.54, 1.807) is 24.1 Å². The van der Waals surface area contributed by atoms with Gasteiger partial charge >= 0.3 is 0 Å². The lowest BCUT2D eigenvalue weighted by Gasteiger charge is -2.21. The van der Waals surface area contributed by atoms with E-state index in [0.717, 1.165) is 22.6 Å². The average molecular weight is 394 g/mol. The molecule has 1 atom stereocenters. The molecule has 150 valence electrons. The Kier molecular flexibility index (Phi) is 5.07. The number of hydrogen-bond donors (Lipinski definition) is 0. The quantitative estimate of drug-likeness (QED) is 0.701. The Morgan fingerprint density at radius 3 is 2.69 bits per heavy atom. The lowest BCUT2D eigenvalue weighted by molar-refractivity contribution is 0.0603. The maximum absolute atomic E-state index is 12.9. The summed E-state index contributed by atoms with van der Waals surface area (Å²) in [6.45, 7) is 0.882. The number of methoxy groups -OCH3 is 1. The van der Waals surface area contributed by atoms with Gasteiger partial charge in [0.2, 0.25) is 0 Å². The van der Waals surface area contributed by atoms with Gasteiger partial charge in [-0.2, -0.15) is 0 Å². The highest BCUT2D eigenvalue weighted by Crippen LogP contribution is 2.29. The topological polar surface area (TPSA) is 76.2 Å². The second-order valence-corrected chi connectivity index (χ2v) is 7.25. The maximum atomic E-state index is 12.9. The van der Waals surface area contributed by atoms with Gasteiger partial charge < -0.3 is 14.4 Å². The molecule has 0 saturated heterocycles. The second kappa shape index (κ2) is 7.67. The van der Waals surface area contributed by atoms with Crippen molar-refractivity contribution < 1.29 is 23.9 Å². The Bertz CT molecular complexity index is 962. The predicted molar refractivity (Wildman–Crippen MR) is 105 cm³/mol. The number of nitrogens with zero attached hydrogens (tertiary/aromatic N) is 2. The van der Waals surface area contributed by atoms with Gasteiger partial charge in [0.05, 0.1) is 30.8 Å². The summed E-state index contributed by atoms with van der Waals surface area (Å²) in [4.78, 5) is 40.6. The number of para-hydroxylation sites is 1. The molecular formula is C22H22N2O5. The minimum Gasteiger partial charge on any atom is -0.488 e. The Balaban J connectivity index is 1.46. The van der Waals surface area contributed by atoms with Crippen molar-refractivity contribution in [2.24, 2.45) is 0 Å². The summed E-state index contributed by atoms with van der Waals surface area (Å²) >= 11 is 0. The number of benzene rings is 2. The maximum Gasteiger partial charge on any atom is 0.261 e. The van der Waals surface area contributed by atoms with Gasteiger partial charge in [0.15, 0.2) is 0 Å². The Labute approximate surface area is 168 Å². The first kappa shape index (κ1) is 19.1. The monoisotopic (exact) mass is 394 g/mol. The molecule has 0 saturated carbocycles. The lowest BCUT2D eigenvalue weighted by atomic mass is 10.0. The predicted octanol–water partition coefficient (Wildman–Crippen LogP) is 2.00. The zero-order chi connectivity index (χ0) is 20.5. The molecule has 0 aliphatic carbocycles. The molecule has 2 aliphatic heterocycles. The zero-order valence-electron chi connectivity index (χ0n) is 16.4. The van der Waals surface area contributed by atoms with Crippen LogP contribution in [0.1, 0.15) is 36.6 Å². The molecule has 7 heteroatoms. The molecule has 29 heavy (non-hydrogen) atoms. The summed E-state index contributed by atoms with van der Waals surface area (Å²) in [6.07, 6.45) is 0.642. The molecular weight excluding hydrogens is 372 g/mol. The first-order chi connectivity index (χ1) is 14.0. The number of carbonyl (C=O) groups excluding carboxylic acids is 3. The summed E-state index contributed by atoms with van der Waals surface area (Å²) in [5.41, 5.74) is 2.09. The number of likely N-dealkylation sites (N-methyl/N-ethyl adjacent to an activating group) is 1. The fraction of sp³-hybridized carbons (Fsp3) is 0.318. The van der Waals surface area contributed by atoms with Crippen LogP contribution in [0, 0.1) is 0 Å². The summed E-state index contributed by atoms with van der Waals surface area (Å²) in [7, 11) is 3.22. The molecule has 0 unspecified atom stereocenters. The third-order valence-electron chi connectivity index (χ3n) is 5.27. The Morgan fingerprint density at radius 1 is 1.17 bits per heavy atom. The molecule has 7 nitrogen and oxygen atoms in total. The van der Waals surface area contributed by atoms with Crippen LogP contribution in [0.4, 0.5) is 0 Å².